The highest BCUT2D eigenvalue weighted by Gasteiger charge is 2.41. The molecule has 0 aromatic heterocycles. The average molecular weight is 986 g/mol. The molecule has 1 aliphatic rings. The summed E-state index contributed by atoms with van der Waals surface area (Å²) in [5.41, 5.74) is 10.8. The fourth-order valence-corrected chi connectivity index (χ4v) is 8.76. The summed E-state index contributed by atoms with van der Waals surface area (Å²) in [7, 11) is -2.53. The van der Waals surface area contributed by atoms with E-state index in [9.17, 15) is 56.7 Å². The molecule has 0 radical (unpaired) electrons. The molecule has 8 amide bonds. The lowest BCUT2D eigenvalue weighted by Crippen LogP contribution is -2.60. The average Bonchev–Trinajstić information content (AvgIpc) is 3.74. The number of para-hydroxylation sites is 1. The number of sulfonamides is 1. The first-order valence-corrected chi connectivity index (χ1v) is 24.3. The molecular formula is C46H67N9O13S. The minimum atomic E-state index is -4.00. The van der Waals surface area contributed by atoms with Gasteiger partial charge >= 0.3 is 5.97 Å². The first kappa shape index (κ1) is 56.7. The van der Waals surface area contributed by atoms with Crippen LogP contribution >= 0.6 is 0 Å². The molecule has 2 aromatic rings. The number of primary amides is 2. The molecule has 0 spiro atoms. The largest absolute Gasteiger partial charge is 0.481 e. The van der Waals surface area contributed by atoms with Gasteiger partial charge in [-0.1, -0.05) is 52.3 Å². The predicted molar refractivity (Wildman–Crippen MR) is 251 cm³/mol. The molecule has 2 aromatic carbocycles. The number of nitrogens with zero attached hydrogens (tertiary/aromatic N) is 2. The molecule has 23 heteroatoms. The standard InChI is InChI=1S/C46H67N9O13S/c1-7-28(4)41(46(65)55-22-12-13-30(55)24-37(47)56)54(6)45(64)36(23-27(2)3)53-42(61)29(5)50-43(62)35(26-40(59)60)52-44(63)34(25-38(48)57)51-39(58)16-11-21-49-69(66,67)33-19-17-32(18-20-33)68-31-14-9-8-10-15-31/h8-10,14-15,17-20,27-30,34-36,41,49H,7,11-13,16,21-26H2,1-6H3,(H2,47,56)(H2,48,57)(H,50,62)(H,51,58)(H,52,63)(H,53,61)(H,59,60)/t28-,29-,30-,34-,35-,36-,41-/m0/s1. The molecule has 0 unspecified atom stereocenters. The Hall–Kier alpha value is -6.62. The van der Waals surface area contributed by atoms with Crippen LogP contribution in [0.2, 0.25) is 0 Å². The lowest BCUT2D eigenvalue weighted by atomic mass is 9.94. The van der Waals surface area contributed by atoms with Crippen LogP contribution in [0.25, 0.3) is 0 Å². The normalized spacial score (nSPS) is 16.2. The summed E-state index contributed by atoms with van der Waals surface area (Å²) in [4.78, 5) is 120. The van der Waals surface area contributed by atoms with Crippen molar-refractivity contribution in [3.63, 3.8) is 0 Å². The van der Waals surface area contributed by atoms with Gasteiger partial charge in [-0.05, 0) is 80.8 Å². The Balaban J connectivity index is 1.63. The van der Waals surface area contributed by atoms with Crippen LogP contribution in [-0.2, 0) is 53.2 Å². The highest BCUT2D eigenvalue weighted by molar-refractivity contribution is 7.89. The van der Waals surface area contributed by atoms with Crippen LogP contribution in [0.5, 0.6) is 11.5 Å². The van der Waals surface area contributed by atoms with Crippen LogP contribution in [-0.4, -0.2) is 133 Å². The van der Waals surface area contributed by atoms with Crippen LogP contribution in [0.1, 0.15) is 92.4 Å². The number of likely N-dealkylation sites (tertiary alicyclic amines) is 1. The highest BCUT2D eigenvalue weighted by atomic mass is 32.2. The number of hydrogen-bond acceptors (Lipinski definition) is 12. The van der Waals surface area contributed by atoms with Crippen molar-refractivity contribution in [3.05, 3.63) is 54.6 Å². The minimum Gasteiger partial charge on any atom is -0.481 e. The van der Waals surface area contributed by atoms with Crippen LogP contribution < -0.4 is 42.2 Å². The molecule has 10 N–H and O–H groups in total. The van der Waals surface area contributed by atoms with Crippen molar-refractivity contribution in [1.82, 2.24) is 35.8 Å². The Kier molecular flexibility index (Phi) is 22.0. The Morgan fingerprint density at radius 2 is 1.39 bits per heavy atom. The Morgan fingerprint density at radius 1 is 0.797 bits per heavy atom. The molecule has 22 nitrogen and oxygen atoms in total. The molecule has 3 rings (SSSR count). The maximum Gasteiger partial charge on any atom is 0.305 e. The van der Waals surface area contributed by atoms with Gasteiger partial charge in [0.25, 0.3) is 0 Å². The number of amides is 8. The van der Waals surface area contributed by atoms with E-state index in [0.717, 1.165) is 0 Å². The molecule has 1 aliphatic heterocycles. The number of likely N-dealkylation sites (N-methyl/N-ethyl adjacent to an activating group) is 1. The van der Waals surface area contributed by atoms with E-state index in [4.69, 9.17) is 16.2 Å². The topological polar surface area (TPSA) is 336 Å². The highest BCUT2D eigenvalue weighted by Crippen LogP contribution is 2.26. The second-order valence-corrected chi connectivity index (χ2v) is 19.3. The molecule has 1 saturated heterocycles. The number of aliphatic carboxylic acids is 1. The van der Waals surface area contributed by atoms with Crippen LogP contribution in [0.3, 0.4) is 0 Å². The zero-order chi connectivity index (χ0) is 51.6. The number of benzene rings is 2. The van der Waals surface area contributed by atoms with Crippen LogP contribution in [0, 0.1) is 11.8 Å². The molecule has 0 saturated carbocycles. The third-order valence-electron chi connectivity index (χ3n) is 11.4. The minimum absolute atomic E-state index is 0.0191. The zero-order valence-electron chi connectivity index (χ0n) is 39.9. The number of carbonyl (C=O) groups is 9. The third-order valence-corrected chi connectivity index (χ3v) is 12.9. The number of carbonyl (C=O) groups excluding carboxylic acids is 8. The van der Waals surface area contributed by atoms with Gasteiger partial charge in [-0.3, -0.25) is 43.2 Å². The first-order valence-electron chi connectivity index (χ1n) is 22.8. The van der Waals surface area contributed by atoms with E-state index >= 15 is 0 Å². The van der Waals surface area contributed by atoms with Crippen molar-refractivity contribution < 1.29 is 61.4 Å². The summed E-state index contributed by atoms with van der Waals surface area (Å²) >= 11 is 0. The Bertz CT molecular complexity index is 2250. The molecular weight excluding hydrogens is 919 g/mol. The number of carboxylic acids is 1. The van der Waals surface area contributed by atoms with Crippen LogP contribution in [0.4, 0.5) is 0 Å². The summed E-state index contributed by atoms with van der Waals surface area (Å²) in [5, 5.41) is 19.1. The number of rotatable bonds is 28. The maximum absolute atomic E-state index is 14.2. The van der Waals surface area contributed by atoms with E-state index in [1.807, 2.05) is 33.8 Å². The van der Waals surface area contributed by atoms with Crippen LogP contribution in [0.15, 0.2) is 59.5 Å². The van der Waals surface area contributed by atoms with Gasteiger partial charge in [0.2, 0.25) is 57.3 Å². The van der Waals surface area contributed by atoms with Gasteiger partial charge < -0.3 is 52.4 Å². The fourth-order valence-electron chi connectivity index (χ4n) is 7.69. The van der Waals surface area contributed by atoms with Gasteiger partial charge in [-0.25, -0.2) is 13.1 Å². The van der Waals surface area contributed by atoms with Gasteiger partial charge in [0.15, 0.2) is 0 Å². The lowest BCUT2D eigenvalue weighted by molar-refractivity contribution is -0.149. The lowest BCUT2D eigenvalue weighted by Gasteiger charge is -2.38. The number of carboxylic acid groups (broad SMARTS) is 1. The molecule has 380 valence electrons. The van der Waals surface area contributed by atoms with Gasteiger partial charge in [-0.2, -0.15) is 0 Å². The monoisotopic (exact) mass is 985 g/mol. The second kappa shape index (κ2) is 26.8. The first-order chi connectivity index (χ1) is 32.4. The van der Waals surface area contributed by atoms with E-state index in [1.165, 1.54) is 43.1 Å². The SMILES string of the molecule is CC[C@H](C)[C@@H](C(=O)N1CCC[C@H]1CC(N)=O)N(C)C(=O)[C@H](CC(C)C)NC(=O)[C@H](C)NC(=O)[C@H](CC(=O)O)NC(=O)[C@H](CC(N)=O)NC(=O)CCCNS(=O)(=O)c1ccc(Oc2ccccc2)cc1. The quantitative estimate of drug-likeness (QED) is 0.0544. The summed E-state index contributed by atoms with van der Waals surface area (Å²) in [6.07, 6.45) is -0.265. The van der Waals surface area contributed by atoms with Crippen molar-refractivity contribution in [2.75, 3.05) is 20.1 Å². The van der Waals surface area contributed by atoms with E-state index in [0.29, 0.717) is 37.3 Å². The molecule has 0 aliphatic carbocycles. The van der Waals surface area contributed by atoms with E-state index in [-0.39, 0.29) is 54.9 Å². The van der Waals surface area contributed by atoms with E-state index < -0.39 is 106 Å². The maximum atomic E-state index is 14.2. The Labute approximate surface area is 402 Å². The van der Waals surface area contributed by atoms with Crippen molar-refractivity contribution in [1.29, 1.82) is 0 Å². The van der Waals surface area contributed by atoms with E-state index in [2.05, 4.69) is 26.0 Å². The van der Waals surface area contributed by atoms with Crippen molar-refractivity contribution in [3.8, 4) is 11.5 Å². The number of hydrogen-bond donors (Lipinski definition) is 8. The van der Waals surface area contributed by atoms with Gasteiger partial charge in [0, 0.05) is 39.0 Å². The van der Waals surface area contributed by atoms with Crippen molar-refractivity contribution >= 4 is 63.3 Å². The molecule has 1 heterocycles. The van der Waals surface area contributed by atoms with Crippen molar-refractivity contribution in [2.24, 2.45) is 23.3 Å². The molecule has 1 fully saturated rings. The number of nitrogens with two attached hydrogens (primary N) is 2. The summed E-state index contributed by atoms with van der Waals surface area (Å²) < 4.78 is 33.8. The van der Waals surface area contributed by atoms with Crippen molar-refractivity contribution in [2.45, 2.75) is 134 Å². The molecule has 0 bridgehead atoms. The summed E-state index contributed by atoms with van der Waals surface area (Å²) in [5.74, 6) is -7.50. The van der Waals surface area contributed by atoms with E-state index in [1.54, 1.807) is 29.2 Å². The summed E-state index contributed by atoms with van der Waals surface area (Å²) in [6, 6.07) is 7.06. The smallest absolute Gasteiger partial charge is 0.305 e. The second-order valence-electron chi connectivity index (χ2n) is 17.5. The Morgan fingerprint density at radius 3 is 1.97 bits per heavy atom. The molecule has 69 heavy (non-hydrogen) atoms. The zero-order valence-corrected chi connectivity index (χ0v) is 40.7. The summed E-state index contributed by atoms with van der Waals surface area (Å²) in [6.45, 7) is 8.77. The number of nitrogens with one attached hydrogen (secondary N) is 5. The molecule has 7 atom stereocenters. The van der Waals surface area contributed by atoms with Gasteiger partial charge in [-0.15, -0.1) is 0 Å². The fraction of sp³-hybridized carbons (Fsp3) is 0.543. The van der Waals surface area contributed by atoms with Gasteiger partial charge in [0.1, 0.15) is 41.7 Å². The van der Waals surface area contributed by atoms with Gasteiger partial charge in [0.05, 0.1) is 17.7 Å². The third kappa shape index (κ3) is 18.1. The number of ether oxygens (including phenoxy) is 1. The predicted octanol–water partition coefficient (Wildman–Crippen LogP) is 0.632.